The average molecular weight is 281 g/mol. The van der Waals surface area contributed by atoms with Gasteiger partial charge in [-0.15, -0.1) is 0 Å². The predicted molar refractivity (Wildman–Crippen MR) is 75.7 cm³/mol. The first kappa shape index (κ1) is 15.3. The lowest BCUT2D eigenvalue weighted by Crippen LogP contribution is -2.54. The van der Waals surface area contributed by atoms with Crippen LogP contribution in [0.2, 0.25) is 0 Å². The Labute approximate surface area is 119 Å². The number of hydrogen-bond acceptors (Lipinski definition) is 5. The molecule has 0 aromatic heterocycles. The Kier molecular flexibility index (Phi) is 4.34. The van der Waals surface area contributed by atoms with Gasteiger partial charge in [-0.1, -0.05) is 12.1 Å². The van der Waals surface area contributed by atoms with E-state index in [0.717, 1.165) is 23.3 Å². The lowest BCUT2D eigenvalue weighted by molar-refractivity contribution is 0.0414. The van der Waals surface area contributed by atoms with E-state index in [9.17, 15) is 15.3 Å². The van der Waals surface area contributed by atoms with Crippen molar-refractivity contribution in [3.05, 3.63) is 29.3 Å². The van der Waals surface area contributed by atoms with Crippen LogP contribution in [0.4, 0.5) is 0 Å². The van der Waals surface area contributed by atoms with E-state index in [1.807, 2.05) is 12.1 Å². The normalized spacial score (nSPS) is 16.9. The first-order valence-electron chi connectivity index (χ1n) is 6.82. The molecule has 2 rings (SSSR count). The molecule has 5 heteroatoms. The summed E-state index contributed by atoms with van der Waals surface area (Å²) in [6, 6.07) is 5.96. The maximum atomic E-state index is 9.28. The standard InChI is InChI=1S/C15H23NO4/c1-14(2)6-12-5-11(3-4-13(12)20-14)7-16-15(8-17,9-18)10-19/h3-5,16-19H,6-10H2,1-2H3. The number of ether oxygens (including phenoxy) is 1. The fourth-order valence-corrected chi connectivity index (χ4v) is 2.38. The van der Waals surface area contributed by atoms with Gasteiger partial charge in [-0.25, -0.2) is 0 Å². The Morgan fingerprint density at radius 3 is 2.45 bits per heavy atom. The van der Waals surface area contributed by atoms with Gasteiger partial charge in [0.2, 0.25) is 0 Å². The molecule has 1 aromatic rings. The quantitative estimate of drug-likeness (QED) is 0.599. The topological polar surface area (TPSA) is 82.0 Å². The number of rotatable bonds is 6. The molecule has 4 N–H and O–H groups in total. The zero-order valence-corrected chi connectivity index (χ0v) is 12.0. The van der Waals surface area contributed by atoms with Crippen molar-refractivity contribution >= 4 is 0 Å². The van der Waals surface area contributed by atoms with Gasteiger partial charge in [0.05, 0.1) is 25.4 Å². The molecule has 1 aliphatic rings. The first-order chi connectivity index (χ1) is 9.43. The highest BCUT2D eigenvalue weighted by Gasteiger charge is 2.30. The van der Waals surface area contributed by atoms with E-state index >= 15 is 0 Å². The van der Waals surface area contributed by atoms with E-state index in [1.54, 1.807) is 0 Å². The third-order valence-corrected chi connectivity index (χ3v) is 3.70. The van der Waals surface area contributed by atoms with Gasteiger partial charge in [-0.05, 0) is 31.0 Å². The number of aliphatic hydroxyl groups is 3. The highest BCUT2D eigenvalue weighted by molar-refractivity contribution is 5.41. The zero-order chi connectivity index (χ0) is 14.8. The molecular formula is C15H23NO4. The summed E-state index contributed by atoms with van der Waals surface area (Å²) in [5.74, 6) is 0.913. The Hall–Kier alpha value is -1.14. The minimum atomic E-state index is -1.05. The molecule has 112 valence electrons. The Morgan fingerprint density at radius 1 is 1.20 bits per heavy atom. The van der Waals surface area contributed by atoms with Gasteiger partial charge in [-0.3, -0.25) is 0 Å². The van der Waals surface area contributed by atoms with Crippen molar-refractivity contribution in [2.24, 2.45) is 0 Å². The van der Waals surface area contributed by atoms with Crippen molar-refractivity contribution < 1.29 is 20.1 Å². The third kappa shape index (κ3) is 3.12. The van der Waals surface area contributed by atoms with Gasteiger partial charge in [0.25, 0.3) is 0 Å². The Balaban J connectivity index is 2.06. The number of aliphatic hydroxyl groups excluding tert-OH is 3. The molecule has 1 aromatic carbocycles. The van der Waals surface area contributed by atoms with Gasteiger partial charge in [0, 0.05) is 13.0 Å². The summed E-state index contributed by atoms with van der Waals surface area (Å²) in [7, 11) is 0. The maximum Gasteiger partial charge on any atom is 0.123 e. The molecule has 1 heterocycles. The summed E-state index contributed by atoms with van der Waals surface area (Å²) in [5, 5.41) is 30.8. The van der Waals surface area contributed by atoms with Gasteiger partial charge < -0.3 is 25.4 Å². The fourth-order valence-electron chi connectivity index (χ4n) is 2.38. The molecule has 0 radical (unpaired) electrons. The summed E-state index contributed by atoms with van der Waals surface area (Å²) in [6.45, 7) is 3.62. The van der Waals surface area contributed by atoms with E-state index in [2.05, 4.69) is 25.2 Å². The molecule has 0 unspecified atom stereocenters. The second-order valence-corrected chi connectivity index (χ2v) is 6.09. The number of nitrogens with one attached hydrogen (secondary N) is 1. The maximum absolute atomic E-state index is 9.28. The molecule has 20 heavy (non-hydrogen) atoms. The van der Waals surface area contributed by atoms with Crippen molar-refractivity contribution in [3.8, 4) is 5.75 Å². The lowest BCUT2D eigenvalue weighted by atomic mass is 9.99. The second kappa shape index (κ2) is 5.69. The average Bonchev–Trinajstić information content (AvgIpc) is 2.74. The molecule has 0 fully saturated rings. The Morgan fingerprint density at radius 2 is 1.85 bits per heavy atom. The van der Waals surface area contributed by atoms with Gasteiger partial charge >= 0.3 is 0 Å². The summed E-state index contributed by atoms with van der Waals surface area (Å²) in [6.07, 6.45) is 0.862. The van der Waals surface area contributed by atoms with Crippen LogP contribution in [-0.2, 0) is 13.0 Å². The van der Waals surface area contributed by atoms with Crippen LogP contribution in [0.3, 0.4) is 0 Å². The molecule has 0 aliphatic carbocycles. The number of fused-ring (bicyclic) bond motifs is 1. The summed E-state index contributed by atoms with van der Waals surface area (Å²) >= 11 is 0. The van der Waals surface area contributed by atoms with Crippen molar-refractivity contribution in [1.82, 2.24) is 5.32 Å². The van der Waals surface area contributed by atoms with Gasteiger partial charge in [-0.2, -0.15) is 0 Å². The fraction of sp³-hybridized carbons (Fsp3) is 0.600. The van der Waals surface area contributed by atoms with Crippen LogP contribution in [-0.4, -0.2) is 46.3 Å². The molecule has 0 saturated heterocycles. The summed E-state index contributed by atoms with van der Waals surface area (Å²) in [5.41, 5.74) is 0.982. The van der Waals surface area contributed by atoms with E-state index in [4.69, 9.17) is 4.74 Å². The largest absolute Gasteiger partial charge is 0.487 e. The van der Waals surface area contributed by atoms with Gasteiger partial charge in [0.1, 0.15) is 11.4 Å². The van der Waals surface area contributed by atoms with Crippen LogP contribution in [0, 0.1) is 0 Å². The van der Waals surface area contributed by atoms with Gasteiger partial charge in [0.15, 0.2) is 0 Å². The highest BCUT2D eigenvalue weighted by atomic mass is 16.5. The SMILES string of the molecule is CC1(C)Cc2cc(CNC(CO)(CO)CO)ccc2O1. The van der Waals surface area contributed by atoms with Crippen LogP contribution >= 0.6 is 0 Å². The molecule has 0 bridgehead atoms. The minimum absolute atomic E-state index is 0.167. The molecule has 5 nitrogen and oxygen atoms in total. The van der Waals surface area contributed by atoms with E-state index in [0.29, 0.717) is 6.54 Å². The van der Waals surface area contributed by atoms with E-state index < -0.39 is 5.54 Å². The molecule has 0 saturated carbocycles. The zero-order valence-electron chi connectivity index (χ0n) is 12.0. The minimum Gasteiger partial charge on any atom is -0.487 e. The monoisotopic (exact) mass is 281 g/mol. The summed E-state index contributed by atoms with van der Waals surface area (Å²) in [4.78, 5) is 0. The third-order valence-electron chi connectivity index (χ3n) is 3.70. The van der Waals surface area contributed by atoms with Crippen molar-refractivity contribution in [2.75, 3.05) is 19.8 Å². The Bertz CT molecular complexity index is 461. The predicted octanol–water partition coefficient (Wildman–Crippen LogP) is 0.205. The molecular weight excluding hydrogens is 258 g/mol. The summed E-state index contributed by atoms with van der Waals surface area (Å²) < 4.78 is 5.82. The van der Waals surface area contributed by atoms with Crippen LogP contribution in [0.15, 0.2) is 18.2 Å². The van der Waals surface area contributed by atoms with Crippen LogP contribution in [0.5, 0.6) is 5.75 Å². The van der Waals surface area contributed by atoms with Crippen LogP contribution in [0.25, 0.3) is 0 Å². The number of benzene rings is 1. The smallest absolute Gasteiger partial charge is 0.123 e. The van der Waals surface area contributed by atoms with Crippen molar-refractivity contribution in [3.63, 3.8) is 0 Å². The lowest BCUT2D eigenvalue weighted by Gasteiger charge is -2.28. The molecule has 0 amide bonds. The van der Waals surface area contributed by atoms with Crippen molar-refractivity contribution in [1.29, 1.82) is 0 Å². The van der Waals surface area contributed by atoms with Crippen molar-refractivity contribution in [2.45, 2.75) is 38.0 Å². The van der Waals surface area contributed by atoms with E-state index in [1.165, 1.54) is 0 Å². The highest BCUT2D eigenvalue weighted by Crippen LogP contribution is 2.35. The van der Waals surface area contributed by atoms with E-state index in [-0.39, 0.29) is 25.4 Å². The second-order valence-electron chi connectivity index (χ2n) is 6.09. The molecule has 1 aliphatic heterocycles. The molecule has 0 spiro atoms. The van der Waals surface area contributed by atoms with Crippen LogP contribution < -0.4 is 10.1 Å². The number of hydrogen-bond donors (Lipinski definition) is 4. The first-order valence-corrected chi connectivity index (χ1v) is 6.82. The molecule has 0 atom stereocenters. The van der Waals surface area contributed by atoms with Crippen LogP contribution in [0.1, 0.15) is 25.0 Å².